The Morgan fingerprint density at radius 1 is 1.69 bits per heavy atom. The molecule has 1 unspecified atom stereocenters. The normalized spacial score (nSPS) is 23.4. The summed E-state index contributed by atoms with van der Waals surface area (Å²) in [7, 11) is 0. The van der Waals surface area contributed by atoms with Gasteiger partial charge in [-0.15, -0.1) is 0 Å². The summed E-state index contributed by atoms with van der Waals surface area (Å²) in [6.45, 7) is 5.05. The van der Waals surface area contributed by atoms with Crippen molar-refractivity contribution in [3.63, 3.8) is 0 Å². The lowest BCUT2D eigenvalue weighted by Crippen LogP contribution is -2.36. The Kier molecular flexibility index (Phi) is 3.27. The van der Waals surface area contributed by atoms with E-state index in [1.165, 1.54) is 0 Å². The van der Waals surface area contributed by atoms with Crippen molar-refractivity contribution in [1.29, 1.82) is 0 Å². The number of aliphatic carboxylic acids is 1. The van der Waals surface area contributed by atoms with Crippen molar-refractivity contribution in [3.05, 3.63) is 0 Å². The summed E-state index contributed by atoms with van der Waals surface area (Å²) >= 11 is 0. The number of rotatable bonds is 4. The van der Waals surface area contributed by atoms with Crippen molar-refractivity contribution < 1.29 is 19.4 Å². The van der Waals surface area contributed by atoms with E-state index < -0.39 is 11.6 Å². The average molecular weight is 188 g/mol. The molecule has 0 radical (unpaired) electrons. The average Bonchev–Trinajstić information content (AvgIpc) is 2.52. The molecular weight excluding hydrogens is 172 g/mol. The van der Waals surface area contributed by atoms with Gasteiger partial charge in [-0.05, 0) is 20.3 Å². The van der Waals surface area contributed by atoms with Gasteiger partial charge >= 0.3 is 5.97 Å². The van der Waals surface area contributed by atoms with Crippen molar-refractivity contribution in [2.75, 3.05) is 19.8 Å². The zero-order chi connectivity index (χ0) is 9.90. The molecule has 0 aliphatic carbocycles. The van der Waals surface area contributed by atoms with Crippen molar-refractivity contribution in [2.24, 2.45) is 5.92 Å². The van der Waals surface area contributed by atoms with E-state index in [2.05, 4.69) is 0 Å². The number of carboxylic acid groups (broad SMARTS) is 1. The smallest absolute Gasteiger partial charge is 0.335 e. The second-order valence-electron chi connectivity index (χ2n) is 3.86. The van der Waals surface area contributed by atoms with Crippen LogP contribution < -0.4 is 0 Å². The molecule has 0 aromatic rings. The first-order valence-electron chi connectivity index (χ1n) is 4.47. The first-order chi connectivity index (χ1) is 6.02. The highest BCUT2D eigenvalue weighted by atomic mass is 16.5. The van der Waals surface area contributed by atoms with Gasteiger partial charge in [0.1, 0.15) is 0 Å². The van der Waals surface area contributed by atoms with E-state index in [-0.39, 0.29) is 0 Å². The van der Waals surface area contributed by atoms with Crippen LogP contribution in [0.5, 0.6) is 0 Å². The summed E-state index contributed by atoms with van der Waals surface area (Å²) < 4.78 is 10.5. The van der Waals surface area contributed by atoms with Crippen LogP contribution in [-0.4, -0.2) is 36.5 Å². The monoisotopic (exact) mass is 188 g/mol. The van der Waals surface area contributed by atoms with Gasteiger partial charge in [0.05, 0.1) is 13.2 Å². The predicted octanol–water partition coefficient (Wildman–Crippen LogP) is 0.903. The largest absolute Gasteiger partial charge is 0.479 e. The van der Waals surface area contributed by atoms with Crippen LogP contribution in [0.15, 0.2) is 0 Å². The molecule has 0 bridgehead atoms. The number of carboxylic acids is 1. The molecule has 1 saturated heterocycles. The van der Waals surface area contributed by atoms with Crippen molar-refractivity contribution >= 4 is 5.97 Å². The molecule has 1 N–H and O–H groups in total. The van der Waals surface area contributed by atoms with Crippen LogP contribution in [0.3, 0.4) is 0 Å². The van der Waals surface area contributed by atoms with Gasteiger partial charge in [0.25, 0.3) is 0 Å². The summed E-state index contributed by atoms with van der Waals surface area (Å²) in [5.41, 5.74) is -1.08. The van der Waals surface area contributed by atoms with E-state index in [0.29, 0.717) is 19.1 Å². The minimum atomic E-state index is -1.08. The van der Waals surface area contributed by atoms with Crippen LogP contribution in [0.1, 0.15) is 20.3 Å². The third kappa shape index (κ3) is 2.97. The number of ether oxygens (including phenoxy) is 2. The topological polar surface area (TPSA) is 55.8 Å². The second-order valence-corrected chi connectivity index (χ2v) is 3.86. The Hall–Kier alpha value is -0.610. The van der Waals surface area contributed by atoms with Gasteiger partial charge in [-0.2, -0.15) is 0 Å². The fraction of sp³-hybridized carbons (Fsp3) is 0.889. The van der Waals surface area contributed by atoms with E-state index in [1.807, 2.05) is 0 Å². The van der Waals surface area contributed by atoms with Crippen LogP contribution in [0.25, 0.3) is 0 Å². The first kappa shape index (κ1) is 10.5. The predicted molar refractivity (Wildman–Crippen MR) is 46.6 cm³/mol. The second kappa shape index (κ2) is 4.07. The lowest BCUT2D eigenvalue weighted by atomic mass is 10.1. The molecule has 1 fully saturated rings. The molecule has 13 heavy (non-hydrogen) atoms. The van der Waals surface area contributed by atoms with Gasteiger partial charge < -0.3 is 14.6 Å². The highest BCUT2D eigenvalue weighted by molar-refractivity contribution is 5.76. The first-order valence-corrected chi connectivity index (χ1v) is 4.47. The van der Waals surface area contributed by atoms with Gasteiger partial charge in [-0.3, -0.25) is 0 Å². The molecule has 0 aromatic heterocycles. The van der Waals surface area contributed by atoms with E-state index in [4.69, 9.17) is 14.6 Å². The van der Waals surface area contributed by atoms with Crippen molar-refractivity contribution in [2.45, 2.75) is 25.9 Å². The maximum atomic E-state index is 10.7. The quantitative estimate of drug-likeness (QED) is 0.712. The van der Waals surface area contributed by atoms with Gasteiger partial charge in [0.15, 0.2) is 5.60 Å². The fourth-order valence-corrected chi connectivity index (χ4v) is 1.10. The Balaban J connectivity index is 2.28. The van der Waals surface area contributed by atoms with Crippen molar-refractivity contribution in [3.8, 4) is 0 Å². The standard InChI is InChI=1S/C9H16O4/c1-9(2,8(10)11)13-6-7-3-4-12-5-7/h7H,3-6H2,1-2H3,(H,10,11). The summed E-state index contributed by atoms with van der Waals surface area (Å²) in [4.78, 5) is 10.7. The van der Waals surface area contributed by atoms with Crippen LogP contribution in [0.2, 0.25) is 0 Å². The highest BCUT2D eigenvalue weighted by Gasteiger charge is 2.29. The van der Waals surface area contributed by atoms with Gasteiger partial charge in [0, 0.05) is 12.5 Å². The highest BCUT2D eigenvalue weighted by Crippen LogP contribution is 2.17. The Bertz CT molecular complexity index is 182. The molecule has 0 amide bonds. The number of hydrogen-bond acceptors (Lipinski definition) is 3. The maximum Gasteiger partial charge on any atom is 0.335 e. The molecule has 1 aliphatic heterocycles. The Labute approximate surface area is 77.8 Å². The van der Waals surface area contributed by atoms with Gasteiger partial charge in [-0.25, -0.2) is 4.79 Å². The molecule has 0 aromatic carbocycles. The Morgan fingerprint density at radius 2 is 2.38 bits per heavy atom. The molecule has 1 aliphatic rings. The zero-order valence-corrected chi connectivity index (χ0v) is 8.08. The molecule has 0 saturated carbocycles. The zero-order valence-electron chi connectivity index (χ0n) is 8.08. The molecule has 4 heteroatoms. The maximum absolute atomic E-state index is 10.7. The van der Waals surface area contributed by atoms with E-state index in [1.54, 1.807) is 13.8 Å². The molecule has 0 spiro atoms. The van der Waals surface area contributed by atoms with Crippen LogP contribution >= 0.6 is 0 Å². The van der Waals surface area contributed by atoms with Crippen molar-refractivity contribution in [1.82, 2.24) is 0 Å². The van der Waals surface area contributed by atoms with E-state index >= 15 is 0 Å². The molecular formula is C9H16O4. The summed E-state index contributed by atoms with van der Waals surface area (Å²) in [6, 6.07) is 0. The fourth-order valence-electron chi connectivity index (χ4n) is 1.10. The van der Waals surface area contributed by atoms with Gasteiger partial charge in [-0.1, -0.05) is 0 Å². The third-order valence-corrected chi connectivity index (χ3v) is 2.22. The minimum Gasteiger partial charge on any atom is -0.479 e. The number of carbonyl (C=O) groups is 1. The third-order valence-electron chi connectivity index (χ3n) is 2.22. The number of hydrogen-bond donors (Lipinski definition) is 1. The molecule has 1 rings (SSSR count). The lowest BCUT2D eigenvalue weighted by Gasteiger charge is -2.21. The van der Waals surface area contributed by atoms with E-state index in [9.17, 15) is 4.79 Å². The lowest BCUT2D eigenvalue weighted by molar-refractivity contribution is -0.162. The summed E-state index contributed by atoms with van der Waals surface area (Å²) in [6.07, 6.45) is 0.968. The molecule has 4 nitrogen and oxygen atoms in total. The van der Waals surface area contributed by atoms with Crippen LogP contribution in [0.4, 0.5) is 0 Å². The SMILES string of the molecule is CC(C)(OCC1CCOC1)C(=O)O. The summed E-state index contributed by atoms with van der Waals surface area (Å²) in [5.74, 6) is -0.565. The van der Waals surface area contributed by atoms with Crippen LogP contribution in [-0.2, 0) is 14.3 Å². The van der Waals surface area contributed by atoms with Crippen LogP contribution in [0, 0.1) is 5.92 Å². The Morgan fingerprint density at radius 3 is 2.85 bits per heavy atom. The molecule has 1 atom stereocenters. The minimum absolute atomic E-state index is 0.360. The van der Waals surface area contributed by atoms with Gasteiger partial charge in [0.2, 0.25) is 0 Å². The van der Waals surface area contributed by atoms with E-state index in [0.717, 1.165) is 13.0 Å². The molecule has 76 valence electrons. The molecule has 1 heterocycles. The summed E-state index contributed by atoms with van der Waals surface area (Å²) in [5, 5.41) is 8.76.